The summed E-state index contributed by atoms with van der Waals surface area (Å²) in [6.07, 6.45) is 4.95. The lowest BCUT2D eigenvalue weighted by Gasteiger charge is -2.01. The molecule has 0 amide bonds. The molecule has 0 aliphatic heterocycles. The minimum Gasteiger partial charge on any atom is -0.478 e. The fourth-order valence-electron chi connectivity index (χ4n) is 1.54. The van der Waals surface area contributed by atoms with Crippen molar-refractivity contribution in [2.75, 3.05) is 0 Å². The number of pyridine rings is 1. The molecule has 0 aromatic carbocycles. The molecule has 0 bridgehead atoms. The van der Waals surface area contributed by atoms with Crippen molar-refractivity contribution in [1.29, 1.82) is 0 Å². The van der Waals surface area contributed by atoms with Crippen molar-refractivity contribution < 1.29 is 9.90 Å². The Morgan fingerprint density at radius 2 is 2.29 bits per heavy atom. The number of aromatic carboxylic acids is 1. The van der Waals surface area contributed by atoms with E-state index in [1.165, 1.54) is 6.20 Å². The highest BCUT2D eigenvalue weighted by atomic mass is 79.9. The Bertz CT molecular complexity index is 566. The molecule has 0 aliphatic carbocycles. The molecule has 0 saturated carbocycles. The molecule has 0 atom stereocenters. The highest BCUT2D eigenvalue weighted by Gasteiger charge is 2.11. The number of carboxylic acid groups (broad SMARTS) is 1. The van der Waals surface area contributed by atoms with Gasteiger partial charge in [0.25, 0.3) is 0 Å². The lowest BCUT2D eigenvalue weighted by molar-refractivity contribution is 0.0696. The largest absolute Gasteiger partial charge is 0.478 e. The predicted octanol–water partition coefficient (Wildman–Crippen LogP) is 2.10. The summed E-state index contributed by atoms with van der Waals surface area (Å²) in [5, 5.41) is 13.1. The summed E-state index contributed by atoms with van der Waals surface area (Å²) in [6.45, 7) is 2.18. The zero-order valence-corrected chi connectivity index (χ0v) is 10.7. The van der Waals surface area contributed by atoms with Crippen LogP contribution in [0.4, 0.5) is 0 Å². The normalized spacial score (nSPS) is 10.5. The summed E-state index contributed by atoms with van der Waals surface area (Å²) in [6, 6.07) is 1.92. The lowest BCUT2D eigenvalue weighted by Crippen LogP contribution is -2.01. The van der Waals surface area contributed by atoms with Crippen molar-refractivity contribution in [2.24, 2.45) is 0 Å². The minimum atomic E-state index is -0.957. The molecule has 2 aromatic heterocycles. The molecule has 2 aromatic rings. The summed E-state index contributed by atoms with van der Waals surface area (Å²) < 4.78 is 2.49. The molecule has 17 heavy (non-hydrogen) atoms. The van der Waals surface area contributed by atoms with Gasteiger partial charge >= 0.3 is 5.97 Å². The number of hydrogen-bond donors (Lipinski definition) is 1. The first kappa shape index (κ1) is 11.8. The number of aromatic nitrogens is 3. The summed E-state index contributed by atoms with van der Waals surface area (Å²) in [5.74, 6) is -0.957. The first-order chi connectivity index (χ1) is 8.06. The van der Waals surface area contributed by atoms with Crippen LogP contribution in [-0.4, -0.2) is 25.8 Å². The third-order valence-corrected chi connectivity index (χ3v) is 2.72. The topological polar surface area (TPSA) is 68.0 Å². The third kappa shape index (κ3) is 2.71. The van der Waals surface area contributed by atoms with Crippen molar-refractivity contribution in [2.45, 2.75) is 13.5 Å². The van der Waals surface area contributed by atoms with Crippen molar-refractivity contribution in [1.82, 2.24) is 14.8 Å². The molecule has 5 nitrogen and oxygen atoms in total. The van der Waals surface area contributed by atoms with Gasteiger partial charge in [0.05, 0.1) is 12.2 Å². The third-order valence-electron chi connectivity index (χ3n) is 2.28. The Kier molecular flexibility index (Phi) is 3.23. The smallest absolute Gasteiger partial charge is 0.339 e. The predicted molar refractivity (Wildman–Crippen MR) is 65.0 cm³/mol. The molecular formula is C11H10BrN3O2. The second kappa shape index (κ2) is 4.67. The Balaban J connectivity index is 2.25. The van der Waals surface area contributed by atoms with Crippen LogP contribution in [0.25, 0.3) is 0 Å². The summed E-state index contributed by atoms with van der Waals surface area (Å²) >= 11 is 3.33. The van der Waals surface area contributed by atoms with Gasteiger partial charge in [-0.25, -0.2) is 4.79 Å². The van der Waals surface area contributed by atoms with Gasteiger partial charge in [-0.2, -0.15) is 5.10 Å². The van der Waals surface area contributed by atoms with Crippen LogP contribution in [0.15, 0.2) is 29.1 Å². The van der Waals surface area contributed by atoms with Gasteiger partial charge in [0, 0.05) is 23.1 Å². The number of nitrogens with zero attached hydrogens (tertiary/aromatic N) is 3. The van der Waals surface area contributed by atoms with E-state index >= 15 is 0 Å². The van der Waals surface area contributed by atoms with Gasteiger partial charge in [-0.1, -0.05) is 0 Å². The molecule has 88 valence electrons. The Morgan fingerprint density at radius 1 is 1.53 bits per heavy atom. The summed E-state index contributed by atoms with van der Waals surface area (Å²) in [4.78, 5) is 14.9. The average molecular weight is 296 g/mol. The van der Waals surface area contributed by atoms with Crippen molar-refractivity contribution in [3.05, 3.63) is 46.0 Å². The molecule has 0 saturated heterocycles. The van der Waals surface area contributed by atoms with Crippen LogP contribution in [-0.2, 0) is 6.54 Å². The fraction of sp³-hybridized carbons (Fsp3) is 0.182. The number of rotatable bonds is 3. The second-order valence-corrected chi connectivity index (χ2v) is 4.56. The number of hydrogen-bond acceptors (Lipinski definition) is 3. The molecule has 0 fully saturated rings. The SMILES string of the molecule is Cc1nn(Cc2cncc(Br)c2)cc1C(=O)O. The van der Waals surface area contributed by atoms with Gasteiger partial charge < -0.3 is 5.11 Å². The fourth-order valence-corrected chi connectivity index (χ4v) is 1.95. The number of carbonyl (C=O) groups is 1. The maximum absolute atomic E-state index is 10.9. The first-order valence-electron chi connectivity index (χ1n) is 4.93. The van der Waals surface area contributed by atoms with E-state index in [0.29, 0.717) is 12.2 Å². The van der Waals surface area contributed by atoms with Crippen LogP contribution >= 0.6 is 15.9 Å². The molecule has 0 spiro atoms. The van der Waals surface area contributed by atoms with E-state index in [2.05, 4.69) is 26.0 Å². The summed E-state index contributed by atoms with van der Waals surface area (Å²) in [7, 11) is 0. The first-order valence-corrected chi connectivity index (χ1v) is 5.72. The van der Waals surface area contributed by atoms with Crippen LogP contribution in [0, 0.1) is 6.92 Å². The zero-order valence-electron chi connectivity index (χ0n) is 9.09. The minimum absolute atomic E-state index is 0.230. The maximum Gasteiger partial charge on any atom is 0.339 e. The standard InChI is InChI=1S/C11H10BrN3O2/c1-7-10(11(16)17)6-15(14-7)5-8-2-9(12)4-13-3-8/h2-4,6H,5H2,1H3,(H,16,17). The zero-order chi connectivity index (χ0) is 12.4. The molecule has 0 aliphatic rings. The summed E-state index contributed by atoms with van der Waals surface area (Å²) in [5.41, 5.74) is 1.70. The van der Waals surface area contributed by atoms with Crippen molar-refractivity contribution in [3.63, 3.8) is 0 Å². The quantitative estimate of drug-likeness (QED) is 0.941. The van der Waals surface area contributed by atoms with E-state index < -0.39 is 5.97 Å². The molecule has 0 unspecified atom stereocenters. The van der Waals surface area contributed by atoms with Gasteiger partial charge in [0.2, 0.25) is 0 Å². The maximum atomic E-state index is 10.9. The van der Waals surface area contributed by atoms with E-state index in [9.17, 15) is 4.79 Å². The Morgan fingerprint density at radius 3 is 2.88 bits per heavy atom. The van der Waals surface area contributed by atoms with Gasteiger partial charge in [-0.05, 0) is 34.5 Å². The number of halogens is 1. The lowest BCUT2D eigenvalue weighted by atomic mass is 10.3. The Labute approximate surface area is 106 Å². The van der Waals surface area contributed by atoms with Crippen LogP contribution in [0.1, 0.15) is 21.6 Å². The molecule has 1 N–H and O–H groups in total. The van der Waals surface area contributed by atoms with Crippen LogP contribution in [0.3, 0.4) is 0 Å². The number of carboxylic acids is 1. The number of aryl methyl sites for hydroxylation is 1. The highest BCUT2D eigenvalue weighted by Crippen LogP contribution is 2.12. The van der Waals surface area contributed by atoms with Gasteiger partial charge in [0.15, 0.2) is 0 Å². The van der Waals surface area contributed by atoms with Gasteiger partial charge in [0.1, 0.15) is 5.56 Å². The van der Waals surface area contributed by atoms with Crippen LogP contribution in [0.2, 0.25) is 0 Å². The van der Waals surface area contributed by atoms with E-state index in [1.54, 1.807) is 24.0 Å². The molecule has 6 heteroatoms. The average Bonchev–Trinajstić information content (AvgIpc) is 2.59. The van der Waals surface area contributed by atoms with E-state index in [4.69, 9.17) is 5.11 Å². The van der Waals surface area contributed by atoms with Crippen molar-refractivity contribution in [3.8, 4) is 0 Å². The highest BCUT2D eigenvalue weighted by molar-refractivity contribution is 9.10. The Hall–Kier alpha value is -1.69. The molecule has 2 heterocycles. The van der Waals surface area contributed by atoms with E-state index in [1.807, 2.05) is 6.07 Å². The van der Waals surface area contributed by atoms with Crippen molar-refractivity contribution >= 4 is 21.9 Å². The van der Waals surface area contributed by atoms with Gasteiger partial charge in [-0.15, -0.1) is 0 Å². The van der Waals surface area contributed by atoms with Crippen LogP contribution < -0.4 is 0 Å². The molecule has 0 radical (unpaired) electrons. The second-order valence-electron chi connectivity index (χ2n) is 3.64. The molecule has 2 rings (SSSR count). The molecular weight excluding hydrogens is 286 g/mol. The van der Waals surface area contributed by atoms with Crippen LogP contribution in [0.5, 0.6) is 0 Å². The van der Waals surface area contributed by atoms with Gasteiger partial charge in [-0.3, -0.25) is 9.67 Å². The van der Waals surface area contributed by atoms with E-state index in [-0.39, 0.29) is 5.56 Å². The monoisotopic (exact) mass is 295 g/mol. The van der Waals surface area contributed by atoms with E-state index in [0.717, 1.165) is 10.0 Å².